The molecule has 0 bridgehead atoms. The van der Waals surface area contributed by atoms with Crippen molar-refractivity contribution in [3.63, 3.8) is 0 Å². The van der Waals surface area contributed by atoms with Crippen molar-refractivity contribution in [2.24, 2.45) is 0 Å². The summed E-state index contributed by atoms with van der Waals surface area (Å²) in [7, 11) is 0. The molecule has 0 saturated carbocycles. The lowest BCUT2D eigenvalue weighted by molar-refractivity contribution is -0.137. The topological polar surface area (TPSA) is 55.8 Å². The highest BCUT2D eigenvalue weighted by Gasteiger charge is 1.97. The van der Waals surface area contributed by atoms with E-state index in [0.717, 1.165) is 31.6 Å². The number of ether oxygens (including phenoxy) is 2. The van der Waals surface area contributed by atoms with Crippen LogP contribution >= 0.6 is 0 Å². The van der Waals surface area contributed by atoms with Crippen LogP contribution in [0, 0.1) is 0 Å². The summed E-state index contributed by atoms with van der Waals surface area (Å²) in [5.74, 6) is 0.746. The largest absolute Gasteiger partial charge is 0.508 e. The van der Waals surface area contributed by atoms with Crippen molar-refractivity contribution in [1.82, 2.24) is 0 Å². The second kappa shape index (κ2) is 13.5. The summed E-state index contributed by atoms with van der Waals surface area (Å²) >= 11 is 0. The number of hydrogen-bond acceptors (Lipinski definition) is 4. The molecule has 134 valence electrons. The lowest BCUT2D eigenvalue weighted by Crippen LogP contribution is -2.01. The van der Waals surface area contributed by atoms with Gasteiger partial charge in [0.1, 0.15) is 11.5 Å². The van der Waals surface area contributed by atoms with Gasteiger partial charge in [-0.1, -0.05) is 51.5 Å². The molecule has 0 fully saturated rings. The summed E-state index contributed by atoms with van der Waals surface area (Å²) in [6.45, 7) is 4.60. The molecule has 1 aromatic rings. The molecule has 4 nitrogen and oxygen atoms in total. The van der Waals surface area contributed by atoms with Crippen molar-refractivity contribution in [3.05, 3.63) is 36.9 Å². The summed E-state index contributed by atoms with van der Waals surface area (Å²) in [5, 5.41) is 9.18. The second-order valence-electron chi connectivity index (χ2n) is 5.90. The molecule has 0 aliphatic heterocycles. The second-order valence-corrected chi connectivity index (χ2v) is 5.90. The average Bonchev–Trinajstić information content (AvgIpc) is 2.60. The van der Waals surface area contributed by atoms with Crippen LogP contribution in [0.5, 0.6) is 11.5 Å². The van der Waals surface area contributed by atoms with Gasteiger partial charge in [-0.15, -0.1) is 0 Å². The standard InChI is InChI=1S/C20H30O4/c1-2-20(22)24-17-11-9-7-5-3-4-6-8-10-16-23-19-14-12-18(21)13-15-19/h2,12-15,21H,1,3-11,16-17H2. The first kappa shape index (κ1) is 20.1. The number of phenols is 1. The summed E-state index contributed by atoms with van der Waals surface area (Å²) < 4.78 is 10.5. The summed E-state index contributed by atoms with van der Waals surface area (Å²) in [6.07, 6.45) is 11.8. The Hall–Kier alpha value is -1.97. The van der Waals surface area contributed by atoms with Gasteiger partial charge < -0.3 is 14.6 Å². The van der Waals surface area contributed by atoms with Crippen molar-refractivity contribution in [1.29, 1.82) is 0 Å². The zero-order valence-electron chi connectivity index (χ0n) is 14.5. The maximum absolute atomic E-state index is 10.8. The minimum absolute atomic E-state index is 0.264. The van der Waals surface area contributed by atoms with E-state index in [4.69, 9.17) is 9.47 Å². The van der Waals surface area contributed by atoms with Gasteiger partial charge in [0.05, 0.1) is 13.2 Å². The normalized spacial score (nSPS) is 10.3. The molecule has 0 radical (unpaired) electrons. The quantitative estimate of drug-likeness (QED) is 0.295. The fourth-order valence-corrected chi connectivity index (χ4v) is 2.41. The Bertz CT molecular complexity index is 453. The molecule has 1 rings (SSSR count). The monoisotopic (exact) mass is 334 g/mol. The predicted octanol–water partition coefficient (Wildman–Crippen LogP) is 5.01. The molecule has 0 atom stereocenters. The number of phenolic OH excluding ortho intramolecular Hbond substituents is 1. The molecule has 1 N–H and O–H groups in total. The highest BCUT2D eigenvalue weighted by atomic mass is 16.5. The SMILES string of the molecule is C=CC(=O)OCCCCCCCCCCCOc1ccc(O)cc1. The van der Waals surface area contributed by atoms with E-state index in [1.807, 2.05) is 0 Å². The molecule has 0 aromatic heterocycles. The van der Waals surface area contributed by atoms with Gasteiger partial charge in [-0.3, -0.25) is 0 Å². The Morgan fingerprint density at radius 3 is 1.92 bits per heavy atom. The van der Waals surface area contributed by atoms with E-state index in [-0.39, 0.29) is 11.7 Å². The zero-order chi connectivity index (χ0) is 17.5. The van der Waals surface area contributed by atoms with Crippen LogP contribution in [0.3, 0.4) is 0 Å². The van der Waals surface area contributed by atoms with Gasteiger partial charge in [0.2, 0.25) is 0 Å². The Morgan fingerprint density at radius 1 is 0.875 bits per heavy atom. The van der Waals surface area contributed by atoms with Crippen LogP contribution in [0.4, 0.5) is 0 Å². The number of benzene rings is 1. The fraction of sp³-hybridized carbons (Fsp3) is 0.550. The molecule has 0 aliphatic rings. The molecule has 4 heteroatoms. The molecule has 24 heavy (non-hydrogen) atoms. The molecule has 0 unspecified atom stereocenters. The molecule has 1 aromatic carbocycles. The van der Waals surface area contributed by atoms with Crippen molar-refractivity contribution in [3.8, 4) is 11.5 Å². The highest BCUT2D eigenvalue weighted by molar-refractivity contribution is 5.81. The van der Waals surface area contributed by atoms with Crippen molar-refractivity contribution >= 4 is 5.97 Å². The van der Waals surface area contributed by atoms with Gasteiger partial charge in [0.15, 0.2) is 0 Å². The Labute approximate surface area is 145 Å². The van der Waals surface area contributed by atoms with Crippen molar-refractivity contribution in [2.45, 2.75) is 57.8 Å². The fourth-order valence-electron chi connectivity index (χ4n) is 2.41. The lowest BCUT2D eigenvalue weighted by atomic mass is 10.1. The average molecular weight is 334 g/mol. The van der Waals surface area contributed by atoms with Gasteiger partial charge in [-0.05, 0) is 37.1 Å². The van der Waals surface area contributed by atoms with Crippen LogP contribution in [0.2, 0.25) is 0 Å². The van der Waals surface area contributed by atoms with E-state index in [1.165, 1.54) is 44.6 Å². The minimum atomic E-state index is -0.329. The maximum Gasteiger partial charge on any atom is 0.330 e. The van der Waals surface area contributed by atoms with Gasteiger partial charge in [-0.2, -0.15) is 0 Å². The summed E-state index contributed by atoms with van der Waals surface area (Å²) in [6, 6.07) is 6.85. The third-order valence-corrected chi connectivity index (χ3v) is 3.81. The van der Waals surface area contributed by atoms with Gasteiger partial charge in [-0.25, -0.2) is 4.79 Å². The third-order valence-electron chi connectivity index (χ3n) is 3.81. The van der Waals surface area contributed by atoms with Crippen LogP contribution in [-0.4, -0.2) is 24.3 Å². The van der Waals surface area contributed by atoms with E-state index in [0.29, 0.717) is 6.61 Å². The van der Waals surface area contributed by atoms with E-state index >= 15 is 0 Å². The van der Waals surface area contributed by atoms with Crippen LogP contribution in [0.1, 0.15) is 57.8 Å². The van der Waals surface area contributed by atoms with Crippen LogP contribution < -0.4 is 4.74 Å². The van der Waals surface area contributed by atoms with Crippen LogP contribution in [0.25, 0.3) is 0 Å². The molecule has 0 amide bonds. The number of carbonyl (C=O) groups excluding carboxylic acids is 1. The Kier molecular flexibility index (Phi) is 11.3. The number of carbonyl (C=O) groups is 1. The van der Waals surface area contributed by atoms with Gasteiger partial charge in [0, 0.05) is 6.08 Å². The first-order valence-corrected chi connectivity index (χ1v) is 8.93. The first-order valence-electron chi connectivity index (χ1n) is 8.93. The number of esters is 1. The van der Waals surface area contributed by atoms with E-state index in [2.05, 4.69) is 6.58 Å². The maximum atomic E-state index is 10.8. The molecular weight excluding hydrogens is 304 g/mol. The number of unbranched alkanes of at least 4 members (excludes halogenated alkanes) is 8. The van der Waals surface area contributed by atoms with E-state index < -0.39 is 0 Å². The molecule has 0 saturated heterocycles. The smallest absolute Gasteiger partial charge is 0.330 e. The minimum Gasteiger partial charge on any atom is -0.508 e. The van der Waals surface area contributed by atoms with Gasteiger partial charge in [0.25, 0.3) is 0 Å². The number of rotatable bonds is 14. The van der Waals surface area contributed by atoms with Crippen LogP contribution in [0.15, 0.2) is 36.9 Å². The Balaban J connectivity index is 1.80. The van der Waals surface area contributed by atoms with E-state index in [1.54, 1.807) is 24.3 Å². The third kappa shape index (κ3) is 10.7. The summed E-state index contributed by atoms with van der Waals surface area (Å²) in [4.78, 5) is 10.8. The highest BCUT2D eigenvalue weighted by Crippen LogP contribution is 2.16. The van der Waals surface area contributed by atoms with Crippen LogP contribution in [-0.2, 0) is 9.53 Å². The molecule has 0 heterocycles. The summed E-state index contributed by atoms with van der Waals surface area (Å²) in [5.41, 5.74) is 0. The number of aromatic hydroxyl groups is 1. The molecule has 0 spiro atoms. The Morgan fingerprint density at radius 2 is 1.38 bits per heavy atom. The first-order chi connectivity index (χ1) is 11.7. The van der Waals surface area contributed by atoms with Crippen molar-refractivity contribution < 1.29 is 19.4 Å². The predicted molar refractivity (Wildman–Crippen MR) is 96.3 cm³/mol. The lowest BCUT2D eigenvalue weighted by Gasteiger charge is -2.06. The van der Waals surface area contributed by atoms with Gasteiger partial charge >= 0.3 is 5.97 Å². The molecular formula is C20H30O4. The zero-order valence-corrected chi connectivity index (χ0v) is 14.5. The van der Waals surface area contributed by atoms with E-state index in [9.17, 15) is 9.90 Å². The number of hydrogen-bond donors (Lipinski definition) is 1. The van der Waals surface area contributed by atoms with Crippen molar-refractivity contribution in [2.75, 3.05) is 13.2 Å². The molecule has 0 aliphatic carbocycles.